The number of fused-ring (bicyclic) bond motifs is 1. The molecular weight excluding hydrogens is 423 g/mol. The van der Waals surface area contributed by atoms with Gasteiger partial charge < -0.3 is 10.1 Å². The van der Waals surface area contributed by atoms with Crippen LogP contribution in [0.2, 0.25) is 0 Å². The van der Waals surface area contributed by atoms with Crippen LogP contribution in [0.1, 0.15) is 36.8 Å². The second-order valence-electron chi connectivity index (χ2n) is 9.40. The molecule has 0 radical (unpaired) electrons. The lowest BCUT2D eigenvalue weighted by Gasteiger charge is -2.24. The van der Waals surface area contributed by atoms with Crippen molar-refractivity contribution in [1.29, 1.82) is 0 Å². The quantitative estimate of drug-likeness (QED) is 0.333. The van der Waals surface area contributed by atoms with Crippen molar-refractivity contribution in [2.45, 2.75) is 45.6 Å². The van der Waals surface area contributed by atoms with E-state index in [0.717, 1.165) is 51.9 Å². The van der Waals surface area contributed by atoms with Gasteiger partial charge in [-0.3, -0.25) is 4.98 Å². The molecule has 174 valence electrons. The fourth-order valence-electron chi connectivity index (χ4n) is 4.96. The van der Waals surface area contributed by atoms with Gasteiger partial charge in [-0.05, 0) is 80.6 Å². The molecule has 34 heavy (non-hydrogen) atoms. The first-order chi connectivity index (χ1) is 16.6. The van der Waals surface area contributed by atoms with E-state index in [1.807, 2.05) is 30.5 Å². The molecule has 2 heterocycles. The molecule has 4 heteroatoms. The van der Waals surface area contributed by atoms with Gasteiger partial charge in [-0.25, -0.2) is 4.39 Å². The number of ether oxygens (including phenoxy) is 1. The van der Waals surface area contributed by atoms with E-state index in [1.54, 1.807) is 0 Å². The predicted octanol–water partition coefficient (Wildman–Crippen LogP) is 7.24. The van der Waals surface area contributed by atoms with Crippen LogP contribution >= 0.6 is 0 Å². The summed E-state index contributed by atoms with van der Waals surface area (Å²) in [5, 5.41) is 4.60. The number of pyridine rings is 1. The minimum Gasteiger partial charge on any atom is -0.492 e. The third-order valence-corrected chi connectivity index (χ3v) is 6.65. The van der Waals surface area contributed by atoms with Crippen molar-refractivity contribution in [3.8, 4) is 28.0 Å². The predicted molar refractivity (Wildman–Crippen MR) is 138 cm³/mol. The summed E-state index contributed by atoms with van der Waals surface area (Å²) in [4.78, 5) is 4.77. The molecule has 0 amide bonds. The van der Waals surface area contributed by atoms with Crippen LogP contribution in [-0.2, 0) is 0 Å². The zero-order valence-electron chi connectivity index (χ0n) is 19.9. The van der Waals surface area contributed by atoms with Crippen molar-refractivity contribution >= 4 is 10.9 Å². The Morgan fingerprint density at radius 1 is 0.912 bits per heavy atom. The molecule has 3 aromatic carbocycles. The highest BCUT2D eigenvalue weighted by Crippen LogP contribution is 2.38. The van der Waals surface area contributed by atoms with Gasteiger partial charge >= 0.3 is 0 Å². The molecule has 0 saturated carbocycles. The maximum atomic E-state index is 13.5. The minimum atomic E-state index is -0.233. The minimum absolute atomic E-state index is 0.233. The summed E-state index contributed by atoms with van der Waals surface area (Å²) in [5.41, 5.74) is 7.44. The van der Waals surface area contributed by atoms with Gasteiger partial charge in [-0.2, -0.15) is 0 Å². The molecule has 1 aliphatic rings. The van der Waals surface area contributed by atoms with E-state index in [0.29, 0.717) is 12.6 Å². The lowest BCUT2D eigenvalue weighted by atomic mass is 9.97. The van der Waals surface area contributed by atoms with Crippen molar-refractivity contribution in [3.05, 3.63) is 83.8 Å². The number of hydrogen-bond acceptors (Lipinski definition) is 3. The number of piperidine rings is 1. The van der Waals surface area contributed by atoms with Crippen LogP contribution in [0.4, 0.5) is 4.39 Å². The number of aromatic nitrogens is 1. The number of nitrogens with zero attached hydrogens (tertiary/aromatic N) is 1. The van der Waals surface area contributed by atoms with Gasteiger partial charge in [-0.15, -0.1) is 0 Å². The maximum Gasteiger partial charge on any atom is 0.138 e. The first-order valence-corrected chi connectivity index (χ1v) is 12.2. The highest BCUT2D eigenvalue weighted by Gasteiger charge is 2.17. The maximum absolute atomic E-state index is 13.5. The van der Waals surface area contributed by atoms with E-state index in [4.69, 9.17) is 9.72 Å². The Bertz CT molecular complexity index is 1270. The Kier molecular flexibility index (Phi) is 6.59. The van der Waals surface area contributed by atoms with Gasteiger partial charge in [0.05, 0.1) is 12.1 Å². The molecule has 1 aromatic heterocycles. The molecule has 0 aliphatic carbocycles. The molecule has 5 rings (SSSR count). The number of benzene rings is 3. The van der Waals surface area contributed by atoms with Gasteiger partial charge in [0.25, 0.3) is 0 Å². The summed E-state index contributed by atoms with van der Waals surface area (Å²) in [6.45, 7) is 5.98. The number of aryl methyl sites for hydroxylation is 2. The summed E-state index contributed by atoms with van der Waals surface area (Å²) in [7, 11) is 0. The molecule has 0 spiro atoms. The van der Waals surface area contributed by atoms with Gasteiger partial charge in [0, 0.05) is 23.2 Å². The van der Waals surface area contributed by atoms with E-state index in [2.05, 4.69) is 43.4 Å². The number of hydrogen-bond donors (Lipinski definition) is 1. The van der Waals surface area contributed by atoms with Crippen LogP contribution in [0.25, 0.3) is 33.2 Å². The summed E-state index contributed by atoms with van der Waals surface area (Å²) >= 11 is 0. The molecule has 1 N–H and O–H groups in total. The van der Waals surface area contributed by atoms with E-state index >= 15 is 0 Å². The van der Waals surface area contributed by atoms with E-state index < -0.39 is 0 Å². The largest absolute Gasteiger partial charge is 0.492 e. The first kappa shape index (κ1) is 22.5. The average Bonchev–Trinajstić information content (AvgIpc) is 2.84. The van der Waals surface area contributed by atoms with Gasteiger partial charge in [0.1, 0.15) is 11.6 Å². The van der Waals surface area contributed by atoms with Crippen LogP contribution in [0.15, 0.2) is 66.9 Å². The van der Waals surface area contributed by atoms with Crippen molar-refractivity contribution in [1.82, 2.24) is 10.3 Å². The molecule has 0 bridgehead atoms. The Morgan fingerprint density at radius 2 is 1.68 bits per heavy atom. The van der Waals surface area contributed by atoms with Crippen LogP contribution in [0, 0.1) is 19.7 Å². The third kappa shape index (κ3) is 4.97. The molecular formula is C30H31FN2O. The lowest BCUT2D eigenvalue weighted by Crippen LogP contribution is -2.35. The highest BCUT2D eigenvalue weighted by atomic mass is 19.1. The zero-order valence-corrected chi connectivity index (χ0v) is 19.9. The Morgan fingerprint density at radius 3 is 2.41 bits per heavy atom. The van der Waals surface area contributed by atoms with Gasteiger partial charge in [0.2, 0.25) is 0 Å². The fourth-order valence-corrected chi connectivity index (χ4v) is 4.96. The molecule has 1 fully saturated rings. The van der Waals surface area contributed by atoms with Crippen molar-refractivity contribution in [3.63, 3.8) is 0 Å². The summed E-state index contributed by atoms with van der Waals surface area (Å²) < 4.78 is 20.0. The van der Waals surface area contributed by atoms with Crippen LogP contribution in [0.3, 0.4) is 0 Å². The highest BCUT2D eigenvalue weighted by molar-refractivity contribution is 5.95. The number of rotatable bonds is 6. The van der Waals surface area contributed by atoms with Gasteiger partial charge in [0.15, 0.2) is 0 Å². The normalized spacial score (nSPS) is 16.0. The fraction of sp³-hybridized carbons (Fsp3) is 0.300. The SMILES string of the molecule is Cc1cc(C)cc(-c2cnc3ccc(-c4ccc(F)cc4)cc3c2OCCC2CCCCN2)c1. The smallest absolute Gasteiger partial charge is 0.138 e. The first-order valence-electron chi connectivity index (χ1n) is 12.2. The third-order valence-electron chi connectivity index (χ3n) is 6.65. The molecule has 4 aromatic rings. The number of nitrogens with one attached hydrogen (secondary N) is 1. The van der Waals surface area contributed by atoms with Crippen molar-refractivity contribution < 1.29 is 9.13 Å². The molecule has 1 atom stereocenters. The molecule has 1 unspecified atom stereocenters. The monoisotopic (exact) mass is 454 g/mol. The Balaban J connectivity index is 1.57. The topological polar surface area (TPSA) is 34.1 Å². The van der Waals surface area contributed by atoms with E-state index in [1.165, 1.54) is 42.5 Å². The van der Waals surface area contributed by atoms with Crippen LogP contribution < -0.4 is 10.1 Å². The standard InChI is InChI=1S/C30H31FN2O/c1-20-15-21(2)17-24(16-20)28-19-33-29-11-8-23(22-6-9-25(31)10-7-22)18-27(29)30(28)34-14-12-26-5-3-4-13-32-26/h6-11,15-19,26,32H,3-5,12-14H2,1-2H3. The van der Waals surface area contributed by atoms with Crippen molar-refractivity contribution in [2.75, 3.05) is 13.2 Å². The summed E-state index contributed by atoms with van der Waals surface area (Å²) in [6.07, 6.45) is 6.66. The van der Waals surface area contributed by atoms with E-state index in [-0.39, 0.29) is 5.82 Å². The summed E-state index contributed by atoms with van der Waals surface area (Å²) in [6, 6.07) is 19.9. The molecule has 3 nitrogen and oxygen atoms in total. The van der Waals surface area contributed by atoms with Crippen molar-refractivity contribution in [2.24, 2.45) is 0 Å². The zero-order chi connectivity index (χ0) is 23.5. The summed E-state index contributed by atoms with van der Waals surface area (Å²) in [5.74, 6) is 0.637. The Labute approximate surface area is 201 Å². The lowest BCUT2D eigenvalue weighted by molar-refractivity contribution is 0.271. The van der Waals surface area contributed by atoms with Crippen LogP contribution in [0.5, 0.6) is 5.75 Å². The second kappa shape index (κ2) is 9.94. The molecule has 1 aliphatic heterocycles. The van der Waals surface area contributed by atoms with Gasteiger partial charge in [-0.1, -0.05) is 53.9 Å². The number of halogens is 1. The van der Waals surface area contributed by atoms with E-state index in [9.17, 15) is 4.39 Å². The molecule has 1 saturated heterocycles. The second-order valence-corrected chi connectivity index (χ2v) is 9.40. The average molecular weight is 455 g/mol. The van der Waals surface area contributed by atoms with Crippen LogP contribution in [-0.4, -0.2) is 24.2 Å². The Hall–Kier alpha value is -3.24.